The minimum Gasteiger partial charge on any atom is -0.351 e. The highest BCUT2D eigenvalue weighted by molar-refractivity contribution is 5.54. The maximum Gasteiger partial charge on any atom is 0.146 e. The second-order valence-electron chi connectivity index (χ2n) is 4.59. The lowest BCUT2D eigenvalue weighted by Crippen LogP contribution is -2.34. The molecule has 19 heavy (non-hydrogen) atoms. The van der Waals surface area contributed by atoms with Gasteiger partial charge in [-0.05, 0) is 25.0 Å². The Labute approximate surface area is 111 Å². The number of nitriles is 1. The molecule has 0 bridgehead atoms. The molecule has 2 aromatic heterocycles. The zero-order valence-corrected chi connectivity index (χ0v) is 10.5. The Kier molecular flexibility index (Phi) is 3.11. The van der Waals surface area contributed by atoms with Crippen molar-refractivity contribution >= 4 is 5.82 Å². The lowest BCUT2D eigenvalue weighted by molar-refractivity contribution is 0.506. The van der Waals surface area contributed by atoms with Gasteiger partial charge in [-0.25, -0.2) is 9.97 Å². The average molecular weight is 254 g/mol. The Morgan fingerprint density at radius 1 is 1.47 bits per heavy atom. The number of hydrogen-bond acceptors (Lipinski definition) is 5. The molecule has 6 nitrogen and oxygen atoms in total. The molecule has 1 fully saturated rings. The third-order valence-electron chi connectivity index (χ3n) is 3.42. The van der Waals surface area contributed by atoms with Gasteiger partial charge >= 0.3 is 0 Å². The highest BCUT2D eigenvalue weighted by atomic mass is 15.3. The van der Waals surface area contributed by atoms with Crippen LogP contribution in [0.2, 0.25) is 0 Å². The molecule has 1 saturated heterocycles. The normalized spacial score (nSPS) is 18.5. The molecule has 0 amide bonds. The monoisotopic (exact) mass is 254 g/mol. The molecule has 1 aliphatic rings. The zero-order valence-electron chi connectivity index (χ0n) is 10.5. The summed E-state index contributed by atoms with van der Waals surface area (Å²) in [5, 5.41) is 13.3. The van der Waals surface area contributed by atoms with Crippen LogP contribution in [0.3, 0.4) is 0 Å². The number of anilines is 1. The topological polar surface area (TPSA) is 70.6 Å². The van der Waals surface area contributed by atoms with Gasteiger partial charge in [-0.2, -0.15) is 10.4 Å². The van der Waals surface area contributed by atoms with Gasteiger partial charge < -0.3 is 4.90 Å². The highest BCUT2D eigenvalue weighted by Gasteiger charge is 2.27. The first kappa shape index (κ1) is 11.7. The molecule has 3 heterocycles. The summed E-state index contributed by atoms with van der Waals surface area (Å²) in [6.45, 7) is 1.71. The van der Waals surface area contributed by atoms with Gasteiger partial charge in [0.05, 0.1) is 18.2 Å². The van der Waals surface area contributed by atoms with E-state index in [2.05, 4.69) is 26.0 Å². The number of hydrogen-bond donors (Lipinski definition) is 0. The predicted molar refractivity (Wildman–Crippen MR) is 69.3 cm³/mol. The third kappa shape index (κ3) is 2.27. The van der Waals surface area contributed by atoms with Gasteiger partial charge in [0.25, 0.3) is 0 Å². The lowest BCUT2D eigenvalue weighted by atomic mass is 10.2. The summed E-state index contributed by atoms with van der Waals surface area (Å²) < 4.78 is 1.83. The summed E-state index contributed by atoms with van der Waals surface area (Å²) >= 11 is 0. The SMILES string of the molecule is N#Cc1cccnc1N1CCC[C@@H]1Cn1cncn1. The highest BCUT2D eigenvalue weighted by Crippen LogP contribution is 2.26. The molecule has 0 radical (unpaired) electrons. The van der Waals surface area contributed by atoms with Crippen molar-refractivity contribution in [1.29, 1.82) is 5.26 Å². The summed E-state index contributed by atoms with van der Waals surface area (Å²) in [5.41, 5.74) is 0.632. The van der Waals surface area contributed by atoms with Crippen LogP contribution in [0, 0.1) is 11.3 Å². The van der Waals surface area contributed by atoms with Crippen LogP contribution in [-0.4, -0.2) is 32.3 Å². The molecule has 2 aromatic rings. The van der Waals surface area contributed by atoms with E-state index >= 15 is 0 Å². The van der Waals surface area contributed by atoms with Gasteiger partial charge in [-0.15, -0.1) is 0 Å². The smallest absolute Gasteiger partial charge is 0.146 e. The fourth-order valence-corrected chi connectivity index (χ4v) is 2.56. The minimum atomic E-state index is 0.323. The third-order valence-corrected chi connectivity index (χ3v) is 3.42. The zero-order chi connectivity index (χ0) is 13.1. The second kappa shape index (κ2) is 5.06. The van der Waals surface area contributed by atoms with Crippen LogP contribution < -0.4 is 4.90 Å². The van der Waals surface area contributed by atoms with Crippen molar-refractivity contribution in [3.8, 4) is 6.07 Å². The minimum absolute atomic E-state index is 0.323. The van der Waals surface area contributed by atoms with E-state index in [-0.39, 0.29) is 0 Å². The van der Waals surface area contributed by atoms with Crippen molar-refractivity contribution in [3.05, 3.63) is 36.5 Å². The van der Waals surface area contributed by atoms with Crippen LogP contribution in [0.4, 0.5) is 5.82 Å². The molecule has 0 spiro atoms. The first-order valence-corrected chi connectivity index (χ1v) is 6.32. The van der Waals surface area contributed by atoms with Crippen molar-refractivity contribution in [2.45, 2.75) is 25.4 Å². The predicted octanol–water partition coefficient (Wildman–Crippen LogP) is 1.21. The summed E-state index contributed by atoms with van der Waals surface area (Å²) in [6, 6.07) is 6.14. The Bertz CT molecular complexity index is 585. The summed E-state index contributed by atoms with van der Waals surface area (Å²) in [6.07, 6.45) is 7.20. The summed E-state index contributed by atoms with van der Waals surface area (Å²) in [5.74, 6) is 0.785. The van der Waals surface area contributed by atoms with E-state index in [1.165, 1.54) is 0 Å². The maximum atomic E-state index is 9.18. The van der Waals surface area contributed by atoms with Crippen molar-refractivity contribution < 1.29 is 0 Å². The summed E-state index contributed by atoms with van der Waals surface area (Å²) in [4.78, 5) is 10.5. The van der Waals surface area contributed by atoms with Gasteiger partial charge in [0, 0.05) is 12.7 Å². The molecule has 1 aliphatic heterocycles. The molecular weight excluding hydrogens is 240 g/mol. The first-order valence-electron chi connectivity index (χ1n) is 6.32. The number of aromatic nitrogens is 4. The largest absolute Gasteiger partial charge is 0.351 e. The van der Waals surface area contributed by atoms with E-state index in [0.717, 1.165) is 31.7 Å². The molecule has 0 N–H and O–H groups in total. The molecule has 3 rings (SSSR count). The molecule has 0 unspecified atom stereocenters. The first-order chi connectivity index (χ1) is 9.38. The molecule has 1 atom stereocenters. The Hall–Kier alpha value is -2.42. The van der Waals surface area contributed by atoms with Crippen molar-refractivity contribution in [1.82, 2.24) is 19.7 Å². The molecule has 0 aliphatic carbocycles. The Balaban J connectivity index is 1.85. The van der Waals surface area contributed by atoms with Gasteiger partial charge in [0.1, 0.15) is 24.5 Å². The lowest BCUT2D eigenvalue weighted by Gasteiger charge is -2.26. The molecular formula is C13H14N6. The van der Waals surface area contributed by atoms with Crippen molar-refractivity contribution in [2.24, 2.45) is 0 Å². The fourth-order valence-electron chi connectivity index (χ4n) is 2.56. The number of nitrogens with zero attached hydrogens (tertiary/aromatic N) is 6. The van der Waals surface area contributed by atoms with Crippen molar-refractivity contribution in [2.75, 3.05) is 11.4 Å². The standard InChI is InChI=1S/C13H14N6/c14-7-11-3-1-5-16-13(11)19-6-2-4-12(19)8-18-10-15-9-17-18/h1,3,5,9-10,12H,2,4,6,8H2/t12-/m1/s1. The van der Waals surface area contributed by atoms with E-state index in [1.807, 2.05) is 10.7 Å². The van der Waals surface area contributed by atoms with E-state index in [1.54, 1.807) is 24.9 Å². The average Bonchev–Trinajstić information content (AvgIpc) is 3.11. The number of pyridine rings is 1. The van der Waals surface area contributed by atoms with Crippen LogP contribution in [0.25, 0.3) is 0 Å². The maximum absolute atomic E-state index is 9.18. The van der Waals surface area contributed by atoms with Crippen LogP contribution in [-0.2, 0) is 6.54 Å². The van der Waals surface area contributed by atoms with E-state index in [4.69, 9.17) is 0 Å². The fraction of sp³-hybridized carbons (Fsp3) is 0.385. The van der Waals surface area contributed by atoms with Gasteiger partial charge in [-0.1, -0.05) is 0 Å². The van der Waals surface area contributed by atoms with Gasteiger partial charge in [0.15, 0.2) is 0 Å². The van der Waals surface area contributed by atoms with Gasteiger partial charge in [0.2, 0.25) is 0 Å². The van der Waals surface area contributed by atoms with Crippen molar-refractivity contribution in [3.63, 3.8) is 0 Å². The number of rotatable bonds is 3. The van der Waals surface area contributed by atoms with E-state index in [0.29, 0.717) is 11.6 Å². The Morgan fingerprint density at radius 3 is 3.21 bits per heavy atom. The van der Waals surface area contributed by atoms with E-state index < -0.39 is 0 Å². The molecule has 6 heteroatoms. The molecule has 0 aromatic carbocycles. The van der Waals surface area contributed by atoms with Gasteiger partial charge in [-0.3, -0.25) is 4.68 Å². The van der Waals surface area contributed by atoms with E-state index in [9.17, 15) is 5.26 Å². The van der Waals surface area contributed by atoms with Crippen LogP contribution in [0.5, 0.6) is 0 Å². The summed E-state index contributed by atoms with van der Waals surface area (Å²) in [7, 11) is 0. The van der Waals surface area contributed by atoms with Crippen LogP contribution in [0.1, 0.15) is 18.4 Å². The quantitative estimate of drug-likeness (QED) is 0.823. The Morgan fingerprint density at radius 2 is 2.42 bits per heavy atom. The van der Waals surface area contributed by atoms with Crippen LogP contribution in [0.15, 0.2) is 31.0 Å². The second-order valence-corrected chi connectivity index (χ2v) is 4.59. The molecule has 0 saturated carbocycles. The molecule has 96 valence electrons. The van der Waals surface area contributed by atoms with Crippen LogP contribution >= 0.6 is 0 Å².